The summed E-state index contributed by atoms with van der Waals surface area (Å²) in [6, 6.07) is 5.35. The highest BCUT2D eigenvalue weighted by atomic mass is 19.1. The third kappa shape index (κ3) is 2.61. The fraction of sp³-hybridized carbons (Fsp3) is 0.294. The van der Waals surface area contributed by atoms with Gasteiger partial charge in [0, 0.05) is 17.5 Å². The molecule has 2 aliphatic rings. The van der Waals surface area contributed by atoms with Gasteiger partial charge in [0.15, 0.2) is 5.82 Å². The van der Waals surface area contributed by atoms with Gasteiger partial charge in [0.1, 0.15) is 17.3 Å². The van der Waals surface area contributed by atoms with E-state index in [1.165, 1.54) is 18.3 Å². The van der Waals surface area contributed by atoms with E-state index >= 15 is 0 Å². The Morgan fingerprint density at radius 3 is 2.88 bits per heavy atom. The molecule has 7 heteroatoms. The van der Waals surface area contributed by atoms with Gasteiger partial charge >= 0.3 is 0 Å². The molecular weight excluding hydrogens is 313 g/mol. The zero-order valence-corrected chi connectivity index (χ0v) is 12.8. The molecule has 1 atom stereocenters. The molecule has 24 heavy (non-hydrogen) atoms. The molecule has 2 aromatic rings. The van der Waals surface area contributed by atoms with Gasteiger partial charge in [0.25, 0.3) is 5.91 Å². The van der Waals surface area contributed by atoms with E-state index in [0.717, 1.165) is 18.4 Å². The monoisotopic (exact) mass is 329 g/mol. The van der Waals surface area contributed by atoms with Gasteiger partial charge in [0.2, 0.25) is 0 Å². The summed E-state index contributed by atoms with van der Waals surface area (Å²) in [6.45, 7) is 0. The lowest BCUT2D eigenvalue weighted by Gasteiger charge is -2.26. The van der Waals surface area contributed by atoms with Gasteiger partial charge in [-0.1, -0.05) is 0 Å². The van der Waals surface area contributed by atoms with E-state index in [1.54, 1.807) is 12.1 Å². The first-order valence-corrected chi connectivity index (χ1v) is 7.77. The van der Waals surface area contributed by atoms with E-state index in [0.29, 0.717) is 28.0 Å². The second kappa shape index (κ2) is 5.54. The van der Waals surface area contributed by atoms with Gasteiger partial charge in [-0.25, -0.2) is 9.37 Å². The molecular formula is C17H16FN3O3. The minimum Gasteiger partial charge on any atom is -0.455 e. The van der Waals surface area contributed by atoms with Crippen LogP contribution in [-0.2, 0) is 11.2 Å². The number of aromatic nitrogens is 1. The Bertz CT molecular complexity index is 823. The van der Waals surface area contributed by atoms with E-state index in [-0.39, 0.29) is 18.1 Å². The average Bonchev–Trinajstić information content (AvgIpc) is 3.39. The van der Waals surface area contributed by atoms with Crippen molar-refractivity contribution in [3.8, 4) is 11.5 Å². The van der Waals surface area contributed by atoms with Gasteiger partial charge in [-0.3, -0.25) is 10.0 Å². The van der Waals surface area contributed by atoms with Crippen LogP contribution in [0.4, 0.5) is 10.2 Å². The lowest BCUT2D eigenvalue weighted by molar-refractivity contribution is -0.125. The van der Waals surface area contributed by atoms with Gasteiger partial charge in [-0.05, 0) is 43.0 Å². The Morgan fingerprint density at radius 2 is 2.12 bits per heavy atom. The number of pyridine rings is 1. The lowest BCUT2D eigenvalue weighted by atomic mass is 10.0. The molecule has 1 amide bonds. The number of anilines is 1. The van der Waals surface area contributed by atoms with Gasteiger partial charge in [-0.2, -0.15) is 5.06 Å². The van der Waals surface area contributed by atoms with Crippen LogP contribution < -0.4 is 15.5 Å². The SMILES string of the molecule is NC1Cc2cc(Oc3ccc(F)cc3C3CC3)cnc2N(O)C1=O. The zero-order valence-electron chi connectivity index (χ0n) is 12.8. The van der Waals surface area contributed by atoms with E-state index in [9.17, 15) is 14.4 Å². The summed E-state index contributed by atoms with van der Waals surface area (Å²) < 4.78 is 19.3. The predicted octanol–water partition coefficient (Wildman–Crippen LogP) is 2.50. The number of hydrogen-bond donors (Lipinski definition) is 2. The summed E-state index contributed by atoms with van der Waals surface area (Å²) in [6.07, 6.45) is 3.75. The fourth-order valence-electron chi connectivity index (χ4n) is 2.92. The minimum absolute atomic E-state index is 0.163. The first-order valence-electron chi connectivity index (χ1n) is 7.77. The number of halogens is 1. The summed E-state index contributed by atoms with van der Waals surface area (Å²) in [4.78, 5) is 15.8. The summed E-state index contributed by atoms with van der Waals surface area (Å²) >= 11 is 0. The number of fused-ring (bicyclic) bond motifs is 1. The second-order valence-electron chi connectivity index (χ2n) is 6.17. The first-order chi connectivity index (χ1) is 11.5. The molecule has 0 bridgehead atoms. The Labute approximate surface area is 137 Å². The number of rotatable bonds is 3. The molecule has 0 radical (unpaired) electrons. The molecule has 1 aliphatic carbocycles. The third-order valence-corrected chi connectivity index (χ3v) is 4.30. The average molecular weight is 329 g/mol. The van der Waals surface area contributed by atoms with Crippen molar-refractivity contribution in [2.24, 2.45) is 5.73 Å². The van der Waals surface area contributed by atoms with Crippen molar-refractivity contribution in [1.29, 1.82) is 0 Å². The Hall–Kier alpha value is -2.51. The minimum atomic E-state index is -0.813. The summed E-state index contributed by atoms with van der Waals surface area (Å²) in [5.74, 6) is 0.678. The molecule has 1 unspecified atom stereocenters. The molecule has 6 nitrogen and oxygen atoms in total. The number of carbonyl (C=O) groups is 1. The van der Waals surface area contributed by atoms with E-state index in [2.05, 4.69) is 4.98 Å². The highest BCUT2D eigenvalue weighted by molar-refractivity contribution is 5.97. The molecule has 1 fully saturated rings. The van der Waals surface area contributed by atoms with Gasteiger partial charge in [-0.15, -0.1) is 0 Å². The highest BCUT2D eigenvalue weighted by Gasteiger charge is 2.31. The van der Waals surface area contributed by atoms with Gasteiger partial charge < -0.3 is 10.5 Å². The zero-order chi connectivity index (χ0) is 16.8. The normalized spacial score (nSPS) is 20.0. The molecule has 3 N–H and O–H groups in total. The molecule has 1 aromatic carbocycles. The Morgan fingerprint density at radius 1 is 1.33 bits per heavy atom. The number of ether oxygens (including phenoxy) is 1. The molecule has 1 aliphatic heterocycles. The fourth-order valence-corrected chi connectivity index (χ4v) is 2.92. The highest BCUT2D eigenvalue weighted by Crippen LogP contribution is 2.45. The number of nitrogens with zero attached hydrogens (tertiary/aromatic N) is 2. The van der Waals surface area contributed by atoms with Crippen molar-refractivity contribution >= 4 is 11.7 Å². The number of hydrogen-bond acceptors (Lipinski definition) is 5. The van der Waals surface area contributed by atoms with Crippen LogP contribution in [0, 0.1) is 5.82 Å². The van der Waals surface area contributed by atoms with Crippen molar-refractivity contribution < 1.29 is 19.1 Å². The van der Waals surface area contributed by atoms with Crippen LogP contribution in [0.3, 0.4) is 0 Å². The largest absolute Gasteiger partial charge is 0.455 e. The molecule has 0 spiro atoms. The molecule has 0 saturated heterocycles. The van der Waals surface area contributed by atoms with Crippen molar-refractivity contribution in [3.05, 3.63) is 47.4 Å². The number of amides is 1. The quantitative estimate of drug-likeness (QED) is 0.845. The summed E-state index contributed by atoms with van der Waals surface area (Å²) in [5, 5.41) is 10.3. The van der Waals surface area contributed by atoms with Crippen LogP contribution in [0.25, 0.3) is 0 Å². The van der Waals surface area contributed by atoms with Crippen LogP contribution >= 0.6 is 0 Å². The Kier molecular flexibility index (Phi) is 3.47. The van der Waals surface area contributed by atoms with Crippen molar-refractivity contribution in [1.82, 2.24) is 4.98 Å². The molecule has 4 rings (SSSR count). The standard InChI is InChI=1S/C17H16FN3O3/c18-11-3-4-15(13(7-11)9-1-2-9)24-12-5-10-6-14(19)17(22)21(23)16(10)20-8-12/h3-5,7-9,14,23H,1-2,6,19H2. The van der Waals surface area contributed by atoms with E-state index in [1.807, 2.05) is 0 Å². The van der Waals surface area contributed by atoms with Crippen molar-refractivity contribution in [3.63, 3.8) is 0 Å². The van der Waals surface area contributed by atoms with Crippen LogP contribution in [0.2, 0.25) is 0 Å². The molecule has 2 heterocycles. The third-order valence-electron chi connectivity index (χ3n) is 4.30. The molecule has 1 saturated carbocycles. The Balaban J connectivity index is 1.65. The van der Waals surface area contributed by atoms with Gasteiger partial charge in [0.05, 0.1) is 12.2 Å². The smallest absolute Gasteiger partial charge is 0.269 e. The number of nitrogens with two attached hydrogens (primary N) is 1. The topological polar surface area (TPSA) is 88.7 Å². The number of carbonyl (C=O) groups excluding carboxylic acids is 1. The van der Waals surface area contributed by atoms with Crippen LogP contribution in [0.5, 0.6) is 11.5 Å². The van der Waals surface area contributed by atoms with Crippen molar-refractivity contribution in [2.75, 3.05) is 5.06 Å². The maximum Gasteiger partial charge on any atom is 0.269 e. The van der Waals surface area contributed by atoms with Crippen LogP contribution in [0.15, 0.2) is 30.5 Å². The number of benzene rings is 1. The van der Waals surface area contributed by atoms with Crippen molar-refractivity contribution in [2.45, 2.75) is 31.2 Å². The van der Waals surface area contributed by atoms with Crippen LogP contribution in [0.1, 0.15) is 29.9 Å². The first kappa shape index (κ1) is 15.0. The van der Waals surface area contributed by atoms with E-state index < -0.39 is 11.9 Å². The predicted molar refractivity (Wildman–Crippen MR) is 83.6 cm³/mol. The maximum absolute atomic E-state index is 13.5. The second-order valence-corrected chi connectivity index (χ2v) is 6.17. The summed E-state index contributed by atoms with van der Waals surface area (Å²) in [7, 11) is 0. The molecule has 1 aromatic heterocycles. The number of hydroxylamine groups is 1. The summed E-state index contributed by atoms with van der Waals surface area (Å²) in [5.41, 5.74) is 7.19. The maximum atomic E-state index is 13.5. The lowest BCUT2D eigenvalue weighted by Crippen LogP contribution is -2.47. The van der Waals surface area contributed by atoms with Crippen LogP contribution in [-0.4, -0.2) is 22.1 Å². The molecule has 124 valence electrons. The van der Waals surface area contributed by atoms with E-state index in [4.69, 9.17) is 10.5 Å².